The van der Waals surface area contributed by atoms with E-state index in [-0.39, 0.29) is 12.4 Å². The van der Waals surface area contributed by atoms with Crippen molar-refractivity contribution in [2.75, 3.05) is 13.3 Å². The van der Waals surface area contributed by atoms with Crippen LogP contribution >= 0.6 is 0 Å². The first-order valence-corrected chi connectivity index (χ1v) is 9.21. The molecule has 0 aliphatic heterocycles. The van der Waals surface area contributed by atoms with Crippen LogP contribution in [0.5, 0.6) is 5.75 Å². The maximum atomic E-state index is 13.9. The number of alkyl halides is 1. The van der Waals surface area contributed by atoms with Gasteiger partial charge < -0.3 is 9.84 Å². The van der Waals surface area contributed by atoms with Crippen molar-refractivity contribution in [3.8, 4) is 11.4 Å². The van der Waals surface area contributed by atoms with Gasteiger partial charge in [-0.3, -0.25) is 0 Å². The van der Waals surface area contributed by atoms with Crippen molar-refractivity contribution in [1.82, 2.24) is 9.78 Å². The highest BCUT2D eigenvalue weighted by Crippen LogP contribution is 2.29. The van der Waals surface area contributed by atoms with Gasteiger partial charge in [-0.15, -0.1) is 0 Å². The Labute approximate surface area is 167 Å². The summed E-state index contributed by atoms with van der Waals surface area (Å²) in [7, 11) is 0. The number of para-hydroxylation sites is 1. The summed E-state index contributed by atoms with van der Waals surface area (Å²) in [5.41, 5.74) is 0.998. The molecule has 0 saturated carbocycles. The lowest BCUT2D eigenvalue weighted by molar-refractivity contribution is -0.0291. The van der Waals surface area contributed by atoms with Crippen LogP contribution in [0.4, 0.5) is 8.78 Å². The first-order chi connectivity index (χ1) is 14.0. The molecule has 0 bridgehead atoms. The number of ether oxygens (including phenoxy) is 1. The summed E-state index contributed by atoms with van der Waals surface area (Å²) < 4.78 is 34.4. The number of aromatic nitrogens is 2. The van der Waals surface area contributed by atoms with E-state index in [2.05, 4.69) is 5.10 Å². The molecule has 1 atom stereocenters. The van der Waals surface area contributed by atoms with Crippen LogP contribution in [0.2, 0.25) is 0 Å². The van der Waals surface area contributed by atoms with Crippen LogP contribution in [0.15, 0.2) is 72.9 Å². The Morgan fingerprint density at radius 3 is 2.55 bits per heavy atom. The molecule has 4 rings (SSSR count). The van der Waals surface area contributed by atoms with E-state index in [9.17, 15) is 13.9 Å². The average molecular weight is 394 g/mol. The van der Waals surface area contributed by atoms with Crippen molar-refractivity contribution in [2.45, 2.75) is 12.5 Å². The van der Waals surface area contributed by atoms with E-state index in [0.717, 1.165) is 16.5 Å². The second-order valence-electron chi connectivity index (χ2n) is 7.03. The van der Waals surface area contributed by atoms with Crippen molar-refractivity contribution >= 4 is 10.9 Å². The zero-order chi connectivity index (χ0) is 20.4. The van der Waals surface area contributed by atoms with Crippen LogP contribution in [-0.4, -0.2) is 28.2 Å². The smallest absolute Gasteiger partial charge is 0.152 e. The topological polar surface area (TPSA) is 47.3 Å². The van der Waals surface area contributed by atoms with Gasteiger partial charge in [0, 0.05) is 5.39 Å². The molecule has 1 unspecified atom stereocenters. The van der Waals surface area contributed by atoms with E-state index < -0.39 is 12.3 Å². The summed E-state index contributed by atoms with van der Waals surface area (Å²) in [5, 5.41) is 16.0. The molecule has 1 heterocycles. The summed E-state index contributed by atoms with van der Waals surface area (Å²) in [6.07, 6.45) is 1.63. The van der Waals surface area contributed by atoms with Crippen molar-refractivity contribution in [3.63, 3.8) is 0 Å². The molecule has 0 aliphatic rings. The Balaban J connectivity index is 1.63. The normalized spacial score (nSPS) is 13.4. The van der Waals surface area contributed by atoms with E-state index in [0.29, 0.717) is 17.0 Å². The molecule has 3 aromatic carbocycles. The standard InChI is InChI=1S/C23H20F2N2O2/c1-16-4-2-3-5-22(16)29-15-23(28,14-24)18-6-11-21-17(12-18)13-26-27(21)20-9-7-19(25)8-10-20/h2-13,28H,14-15H2,1H3. The molecule has 0 saturated heterocycles. The van der Waals surface area contributed by atoms with Crippen LogP contribution in [0, 0.1) is 12.7 Å². The zero-order valence-corrected chi connectivity index (χ0v) is 15.8. The average Bonchev–Trinajstić information content (AvgIpc) is 3.17. The van der Waals surface area contributed by atoms with Crippen molar-refractivity contribution in [1.29, 1.82) is 0 Å². The van der Waals surface area contributed by atoms with Crippen LogP contribution in [0.25, 0.3) is 16.6 Å². The number of halogens is 2. The third kappa shape index (κ3) is 3.71. The highest BCUT2D eigenvalue weighted by atomic mass is 19.1. The monoisotopic (exact) mass is 394 g/mol. The fraction of sp³-hybridized carbons (Fsp3) is 0.174. The van der Waals surface area contributed by atoms with Crippen molar-refractivity contribution in [3.05, 3.63) is 89.9 Å². The number of benzene rings is 3. The van der Waals surface area contributed by atoms with Gasteiger partial charge in [0.05, 0.1) is 17.4 Å². The van der Waals surface area contributed by atoms with Crippen molar-refractivity contribution < 1.29 is 18.6 Å². The molecular weight excluding hydrogens is 374 g/mol. The van der Waals surface area contributed by atoms with Gasteiger partial charge in [0.25, 0.3) is 0 Å². The Morgan fingerprint density at radius 2 is 1.83 bits per heavy atom. The summed E-state index contributed by atoms with van der Waals surface area (Å²) in [5.74, 6) is 0.277. The van der Waals surface area contributed by atoms with Gasteiger partial charge in [-0.2, -0.15) is 5.10 Å². The number of aryl methyl sites for hydroxylation is 1. The van der Waals surface area contributed by atoms with Crippen LogP contribution in [0.1, 0.15) is 11.1 Å². The van der Waals surface area contributed by atoms with Gasteiger partial charge in [-0.25, -0.2) is 13.5 Å². The number of hydrogen-bond donors (Lipinski definition) is 1. The maximum absolute atomic E-state index is 13.9. The molecule has 1 aromatic heterocycles. The maximum Gasteiger partial charge on any atom is 0.152 e. The predicted molar refractivity (Wildman–Crippen MR) is 108 cm³/mol. The van der Waals surface area contributed by atoms with Gasteiger partial charge in [-0.1, -0.05) is 24.3 Å². The number of hydrogen-bond acceptors (Lipinski definition) is 3. The van der Waals surface area contributed by atoms with Gasteiger partial charge in [0.1, 0.15) is 24.8 Å². The summed E-state index contributed by atoms with van der Waals surface area (Å²) in [6, 6.07) is 18.5. The molecule has 0 aliphatic carbocycles. The Morgan fingerprint density at radius 1 is 1.07 bits per heavy atom. The number of rotatable bonds is 6. The molecular formula is C23H20F2N2O2. The number of fused-ring (bicyclic) bond motifs is 1. The number of aliphatic hydroxyl groups is 1. The lowest BCUT2D eigenvalue weighted by atomic mass is 9.95. The van der Waals surface area contributed by atoms with Crippen LogP contribution < -0.4 is 4.74 Å². The summed E-state index contributed by atoms with van der Waals surface area (Å²) in [4.78, 5) is 0. The molecule has 4 aromatic rings. The zero-order valence-electron chi connectivity index (χ0n) is 15.8. The first-order valence-electron chi connectivity index (χ1n) is 9.21. The fourth-order valence-electron chi connectivity index (χ4n) is 3.23. The minimum absolute atomic E-state index is 0.216. The first kappa shape index (κ1) is 19.1. The van der Waals surface area contributed by atoms with E-state index in [1.807, 2.05) is 25.1 Å². The fourth-order valence-corrected chi connectivity index (χ4v) is 3.23. The molecule has 0 amide bonds. The third-order valence-electron chi connectivity index (χ3n) is 4.96. The lowest BCUT2D eigenvalue weighted by Gasteiger charge is -2.26. The van der Waals surface area contributed by atoms with E-state index in [1.54, 1.807) is 47.3 Å². The van der Waals surface area contributed by atoms with Gasteiger partial charge >= 0.3 is 0 Å². The second kappa shape index (κ2) is 7.64. The highest BCUT2D eigenvalue weighted by molar-refractivity contribution is 5.81. The molecule has 1 N–H and O–H groups in total. The van der Waals surface area contributed by atoms with Crippen molar-refractivity contribution in [2.24, 2.45) is 0 Å². The predicted octanol–water partition coefficient (Wildman–Crippen LogP) is 4.71. The largest absolute Gasteiger partial charge is 0.490 e. The quantitative estimate of drug-likeness (QED) is 0.515. The van der Waals surface area contributed by atoms with Crippen LogP contribution in [-0.2, 0) is 5.60 Å². The molecule has 29 heavy (non-hydrogen) atoms. The molecule has 148 valence electrons. The third-order valence-corrected chi connectivity index (χ3v) is 4.96. The van der Waals surface area contributed by atoms with E-state index >= 15 is 0 Å². The van der Waals surface area contributed by atoms with Gasteiger partial charge in [-0.05, 0) is 60.5 Å². The summed E-state index contributed by atoms with van der Waals surface area (Å²) >= 11 is 0. The second-order valence-corrected chi connectivity index (χ2v) is 7.03. The molecule has 0 radical (unpaired) electrons. The number of nitrogens with zero attached hydrogens (tertiary/aromatic N) is 2. The molecule has 0 spiro atoms. The molecule has 0 fully saturated rings. The van der Waals surface area contributed by atoms with E-state index in [1.165, 1.54) is 12.1 Å². The minimum atomic E-state index is -1.78. The Hall–Kier alpha value is -3.25. The van der Waals surface area contributed by atoms with E-state index in [4.69, 9.17) is 4.74 Å². The molecule has 6 heteroatoms. The lowest BCUT2D eigenvalue weighted by Crippen LogP contribution is -2.35. The summed E-state index contributed by atoms with van der Waals surface area (Å²) in [6.45, 7) is 0.683. The minimum Gasteiger partial charge on any atom is -0.490 e. The van der Waals surface area contributed by atoms with Gasteiger partial charge in [0.2, 0.25) is 0 Å². The SMILES string of the molecule is Cc1ccccc1OCC(O)(CF)c1ccc2c(cnn2-c2ccc(F)cc2)c1. The van der Waals surface area contributed by atoms with Gasteiger partial charge in [0.15, 0.2) is 5.60 Å². The molecule has 4 nitrogen and oxygen atoms in total. The highest BCUT2D eigenvalue weighted by Gasteiger charge is 2.31. The van der Waals surface area contributed by atoms with Crippen LogP contribution in [0.3, 0.4) is 0 Å². The Bertz CT molecular complexity index is 1140. The Kier molecular flexibility index (Phi) is 5.03.